The van der Waals surface area contributed by atoms with E-state index < -0.39 is 11.7 Å². The molecule has 12 heteroatoms. The van der Waals surface area contributed by atoms with Crippen molar-refractivity contribution in [1.82, 2.24) is 15.6 Å². The van der Waals surface area contributed by atoms with E-state index >= 15 is 0 Å². The molecule has 2 rings (SSSR count). The number of pyridine rings is 1. The maximum Gasteiger partial charge on any atom is 0.417 e. The van der Waals surface area contributed by atoms with Crippen molar-refractivity contribution in [2.24, 2.45) is 4.99 Å². The first-order valence-corrected chi connectivity index (χ1v) is 9.21. The van der Waals surface area contributed by atoms with Crippen molar-refractivity contribution >= 4 is 29.9 Å². The zero-order chi connectivity index (χ0) is 22.9. The summed E-state index contributed by atoms with van der Waals surface area (Å²) in [6.45, 7) is 0.971. The summed E-state index contributed by atoms with van der Waals surface area (Å²) in [4.78, 5) is 7.77. The number of halogens is 4. The molecule has 0 spiro atoms. The van der Waals surface area contributed by atoms with E-state index in [1.165, 1.54) is 13.2 Å². The Labute approximate surface area is 201 Å². The van der Waals surface area contributed by atoms with Crippen molar-refractivity contribution in [1.29, 1.82) is 0 Å². The molecule has 1 aromatic carbocycles. The molecule has 0 aliphatic carbocycles. The molecule has 0 atom stereocenters. The number of rotatable bonds is 9. The Bertz CT molecular complexity index is 855. The Balaban J connectivity index is 0.00000512. The molecule has 0 bridgehead atoms. The third-order valence-corrected chi connectivity index (χ3v) is 4.12. The van der Waals surface area contributed by atoms with Crippen molar-refractivity contribution in [2.75, 3.05) is 41.5 Å². The third kappa shape index (κ3) is 7.80. The van der Waals surface area contributed by atoms with Crippen LogP contribution in [0.25, 0.3) is 0 Å². The summed E-state index contributed by atoms with van der Waals surface area (Å²) < 4.78 is 58.9. The van der Waals surface area contributed by atoms with Gasteiger partial charge in [-0.2, -0.15) is 13.2 Å². The van der Waals surface area contributed by atoms with Crippen LogP contribution in [0, 0.1) is 0 Å². The molecule has 178 valence electrons. The maximum atomic E-state index is 12.5. The van der Waals surface area contributed by atoms with Gasteiger partial charge in [0.05, 0.1) is 33.4 Å². The molecule has 32 heavy (non-hydrogen) atoms. The lowest BCUT2D eigenvalue weighted by Gasteiger charge is -2.16. The molecular formula is C20H26F3IN4O4. The number of nitrogens with one attached hydrogen (secondary N) is 2. The highest BCUT2D eigenvalue weighted by molar-refractivity contribution is 14.0. The van der Waals surface area contributed by atoms with Crippen LogP contribution in [-0.4, -0.2) is 52.5 Å². The molecule has 8 nitrogen and oxygen atoms in total. The topological polar surface area (TPSA) is 86.2 Å². The monoisotopic (exact) mass is 570 g/mol. The average Bonchev–Trinajstić information content (AvgIpc) is 2.77. The highest BCUT2D eigenvalue weighted by Gasteiger charge is 2.30. The smallest absolute Gasteiger partial charge is 0.417 e. The van der Waals surface area contributed by atoms with Crippen LogP contribution < -0.4 is 29.6 Å². The van der Waals surface area contributed by atoms with E-state index in [4.69, 9.17) is 18.9 Å². The van der Waals surface area contributed by atoms with Gasteiger partial charge in [0.25, 0.3) is 0 Å². The van der Waals surface area contributed by atoms with Crippen LogP contribution in [0.2, 0.25) is 0 Å². The molecule has 2 aromatic rings. The minimum absolute atomic E-state index is 0. The van der Waals surface area contributed by atoms with Gasteiger partial charge in [-0.15, -0.1) is 24.0 Å². The molecule has 0 saturated heterocycles. The number of nitrogens with zero attached hydrogens (tertiary/aromatic N) is 2. The molecule has 0 saturated carbocycles. The molecule has 0 aliphatic rings. The molecule has 0 amide bonds. The first-order valence-electron chi connectivity index (χ1n) is 9.21. The van der Waals surface area contributed by atoms with E-state index in [1.807, 2.05) is 12.1 Å². The molecule has 0 fully saturated rings. The van der Waals surface area contributed by atoms with E-state index in [0.29, 0.717) is 36.3 Å². The van der Waals surface area contributed by atoms with Crippen molar-refractivity contribution < 1.29 is 32.1 Å². The van der Waals surface area contributed by atoms with Gasteiger partial charge in [0, 0.05) is 25.9 Å². The summed E-state index contributed by atoms with van der Waals surface area (Å²) in [5, 5.41) is 6.18. The Kier molecular flexibility index (Phi) is 11.2. The predicted molar refractivity (Wildman–Crippen MR) is 124 cm³/mol. The fourth-order valence-electron chi connectivity index (χ4n) is 2.60. The summed E-state index contributed by atoms with van der Waals surface area (Å²) in [6, 6.07) is 5.75. The summed E-state index contributed by atoms with van der Waals surface area (Å²) in [5.41, 5.74) is 0.0528. The summed E-state index contributed by atoms with van der Waals surface area (Å²) >= 11 is 0. The first-order chi connectivity index (χ1) is 14.8. The normalized spacial score (nSPS) is 11.3. The van der Waals surface area contributed by atoms with Gasteiger partial charge in [0.1, 0.15) is 6.61 Å². The Morgan fingerprint density at radius 1 is 1.03 bits per heavy atom. The third-order valence-electron chi connectivity index (χ3n) is 4.12. The lowest BCUT2D eigenvalue weighted by molar-refractivity contribution is -0.137. The quantitative estimate of drug-likeness (QED) is 0.207. The molecule has 2 N–H and O–H groups in total. The van der Waals surface area contributed by atoms with Crippen molar-refractivity contribution in [3.63, 3.8) is 0 Å². The molecule has 0 unspecified atom stereocenters. The number of hydrogen-bond acceptors (Lipinski definition) is 6. The van der Waals surface area contributed by atoms with Crippen LogP contribution in [0.3, 0.4) is 0 Å². The zero-order valence-electron chi connectivity index (χ0n) is 18.1. The fraction of sp³-hybridized carbons (Fsp3) is 0.400. The van der Waals surface area contributed by atoms with Gasteiger partial charge in [-0.25, -0.2) is 4.98 Å². The number of benzene rings is 1. The van der Waals surface area contributed by atoms with Gasteiger partial charge >= 0.3 is 6.18 Å². The highest BCUT2D eigenvalue weighted by Crippen LogP contribution is 2.38. The second-order valence-corrected chi connectivity index (χ2v) is 6.12. The Hall–Kier alpha value is -2.64. The van der Waals surface area contributed by atoms with Gasteiger partial charge in [0.2, 0.25) is 11.6 Å². The highest BCUT2D eigenvalue weighted by atomic mass is 127. The standard InChI is InChI=1S/C20H25F3N4O4.HI/c1-24-19(25-7-8-31-17-6-5-14(12-26-17)20(21,22)23)27-11-13-9-15(28-2)18(30-4)16(10-13)29-3;/h5-6,9-10,12H,7-8,11H2,1-4H3,(H2,24,25,27);1H. The molecule has 1 aromatic heterocycles. The Morgan fingerprint density at radius 3 is 2.16 bits per heavy atom. The number of alkyl halides is 3. The first kappa shape index (κ1) is 27.4. The van der Waals surface area contributed by atoms with E-state index in [0.717, 1.165) is 17.8 Å². The summed E-state index contributed by atoms with van der Waals surface area (Å²) in [6.07, 6.45) is -3.69. The van der Waals surface area contributed by atoms with Crippen LogP contribution in [0.1, 0.15) is 11.1 Å². The maximum absolute atomic E-state index is 12.5. The predicted octanol–water partition coefficient (Wildman–Crippen LogP) is 3.49. The van der Waals surface area contributed by atoms with E-state index in [2.05, 4.69) is 20.6 Å². The van der Waals surface area contributed by atoms with E-state index in [-0.39, 0.29) is 36.5 Å². The van der Waals surface area contributed by atoms with Crippen molar-refractivity contribution in [3.05, 3.63) is 41.6 Å². The van der Waals surface area contributed by atoms with Crippen LogP contribution in [0.4, 0.5) is 13.2 Å². The van der Waals surface area contributed by atoms with E-state index in [9.17, 15) is 13.2 Å². The fourth-order valence-corrected chi connectivity index (χ4v) is 2.60. The van der Waals surface area contributed by atoms with Crippen molar-refractivity contribution in [2.45, 2.75) is 12.7 Å². The van der Waals surface area contributed by atoms with Crippen LogP contribution in [0.5, 0.6) is 23.1 Å². The number of aliphatic imine (C=N–C) groups is 1. The number of methoxy groups -OCH3 is 3. The number of guanidine groups is 1. The number of hydrogen-bond donors (Lipinski definition) is 2. The average molecular weight is 570 g/mol. The van der Waals surface area contributed by atoms with Gasteiger partial charge in [-0.3, -0.25) is 4.99 Å². The summed E-state index contributed by atoms with van der Waals surface area (Å²) in [7, 11) is 6.23. The van der Waals surface area contributed by atoms with Gasteiger partial charge in [-0.05, 0) is 23.8 Å². The molecule has 0 radical (unpaired) electrons. The molecule has 0 aliphatic heterocycles. The van der Waals surface area contributed by atoms with Crippen LogP contribution in [0.15, 0.2) is 35.5 Å². The minimum Gasteiger partial charge on any atom is -0.493 e. The van der Waals surface area contributed by atoms with Crippen LogP contribution in [-0.2, 0) is 12.7 Å². The SMILES string of the molecule is CN=C(NCCOc1ccc(C(F)(F)F)cn1)NCc1cc(OC)c(OC)c(OC)c1.I. The largest absolute Gasteiger partial charge is 0.493 e. The van der Waals surface area contributed by atoms with Crippen LogP contribution >= 0.6 is 24.0 Å². The zero-order valence-corrected chi connectivity index (χ0v) is 20.4. The minimum atomic E-state index is -4.43. The van der Waals surface area contributed by atoms with Gasteiger partial charge in [0.15, 0.2) is 17.5 Å². The molecule has 1 heterocycles. The van der Waals surface area contributed by atoms with Gasteiger partial charge < -0.3 is 29.6 Å². The number of aromatic nitrogens is 1. The molecular weight excluding hydrogens is 544 g/mol. The Morgan fingerprint density at radius 2 is 1.69 bits per heavy atom. The second kappa shape index (κ2) is 13.0. The van der Waals surface area contributed by atoms with Gasteiger partial charge in [-0.1, -0.05) is 0 Å². The lowest BCUT2D eigenvalue weighted by Crippen LogP contribution is -2.38. The second-order valence-electron chi connectivity index (χ2n) is 6.12. The van der Waals surface area contributed by atoms with E-state index in [1.54, 1.807) is 21.3 Å². The lowest BCUT2D eigenvalue weighted by atomic mass is 10.2. The summed E-state index contributed by atoms with van der Waals surface area (Å²) in [5.74, 6) is 2.20. The number of ether oxygens (including phenoxy) is 4. The van der Waals surface area contributed by atoms with Crippen molar-refractivity contribution in [3.8, 4) is 23.1 Å².